The Morgan fingerprint density at radius 3 is 2.36 bits per heavy atom. The van der Waals surface area contributed by atoms with Crippen LogP contribution in [0.1, 0.15) is 41.6 Å². The molecule has 1 atom stereocenters. The van der Waals surface area contributed by atoms with E-state index in [2.05, 4.69) is 4.99 Å². The summed E-state index contributed by atoms with van der Waals surface area (Å²) in [7, 11) is 5.73. The van der Waals surface area contributed by atoms with Crippen molar-refractivity contribution >= 4 is 41.0 Å². The van der Waals surface area contributed by atoms with Gasteiger partial charge in [-0.05, 0) is 61.9 Å². The fourth-order valence-electron chi connectivity index (χ4n) is 5.08. The fourth-order valence-corrected chi connectivity index (χ4v) is 6.28. The Labute approximate surface area is 266 Å². The highest BCUT2D eigenvalue weighted by Gasteiger charge is 2.35. The summed E-state index contributed by atoms with van der Waals surface area (Å²) in [5.41, 5.74) is 1.41. The summed E-state index contributed by atoms with van der Waals surface area (Å²) in [6.45, 7) is 3.52. The zero-order valence-corrected chi connectivity index (χ0v) is 26.8. The van der Waals surface area contributed by atoms with Gasteiger partial charge in [-0.2, -0.15) is 0 Å². The van der Waals surface area contributed by atoms with Gasteiger partial charge in [0.2, 0.25) is 5.75 Å². The number of carbonyl (C=O) groups excluding carboxylic acids is 2. The molecule has 2 aromatic heterocycles. The van der Waals surface area contributed by atoms with E-state index in [4.69, 9.17) is 39.7 Å². The molecule has 0 aliphatic carbocycles. The number of methoxy groups -OCH3 is 4. The molecule has 0 amide bonds. The number of nitrogens with zero attached hydrogens (tertiary/aromatic N) is 2. The third-order valence-corrected chi connectivity index (χ3v) is 8.29. The summed E-state index contributed by atoms with van der Waals surface area (Å²) in [6, 6.07) is 10.5. The van der Waals surface area contributed by atoms with Gasteiger partial charge in [0.1, 0.15) is 11.5 Å². The molecule has 234 valence electrons. The van der Waals surface area contributed by atoms with Crippen molar-refractivity contribution in [2.45, 2.75) is 19.9 Å². The van der Waals surface area contributed by atoms with E-state index in [1.54, 1.807) is 62.4 Å². The molecule has 0 fully saturated rings. The Bertz CT molecular complexity index is 2000. The maximum Gasteiger partial charge on any atom is 0.338 e. The van der Waals surface area contributed by atoms with Crippen molar-refractivity contribution in [1.82, 2.24) is 4.57 Å². The van der Waals surface area contributed by atoms with Crippen LogP contribution in [0.2, 0.25) is 5.02 Å². The topological polar surface area (TPSA) is 128 Å². The molecule has 3 heterocycles. The predicted molar refractivity (Wildman–Crippen MR) is 167 cm³/mol. The average Bonchev–Trinajstić information content (AvgIpc) is 3.62. The highest BCUT2D eigenvalue weighted by Crippen LogP contribution is 2.42. The van der Waals surface area contributed by atoms with Crippen LogP contribution in [0.5, 0.6) is 17.2 Å². The van der Waals surface area contributed by atoms with E-state index >= 15 is 0 Å². The van der Waals surface area contributed by atoms with Gasteiger partial charge in [0, 0.05) is 16.7 Å². The lowest BCUT2D eigenvalue weighted by atomic mass is 9.95. The molecule has 1 aliphatic rings. The third kappa shape index (κ3) is 5.86. The number of allylic oxidation sites excluding steroid dienone is 1. The van der Waals surface area contributed by atoms with Crippen LogP contribution in [0.4, 0.5) is 0 Å². The first-order chi connectivity index (χ1) is 21.6. The second-order valence-electron chi connectivity index (χ2n) is 9.64. The van der Waals surface area contributed by atoms with Crippen molar-refractivity contribution in [3.05, 3.63) is 95.3 Å². The fraction of sp³-hybridized carbons (Fsp3) is 0.250. The second kappa shape index (κ2) is 13.0. The van der Waals surface area contributed by atoms with Gasteiger partial charge in [0.25, 0.3) is 5.56 Å². The predicted octanol–water partition coefficient (Wildman–Crippen LogP) is 4.52. The average molecular weight is 653 g/mol. The quantitative estimate of drug-likeness (QED) is 0.240. The minimum absolute atomic E-state index is 0.132. The standard InChI is InChI=1S/C32H29ClN2O9S/c1-7-43-31(38)26-16(2)34-32-35(27(26)17-12-23(39-3)28(41-5)24(13-17)40-4)29(36)25(45-32)15-19-9-11-22(44-19)21-14-18(33)8-10-20(21)30(37)42-6/h8-15,27H,7H2,1-6H3/b25-15+/t27-/m1/s1. The molecule has 45 heavy (non-hydrogen) atoms. The number of hydrogen-bond donors (Lipinski definition) is 0. The van der Waals surface area contributed by atoms with Gasteiger partial charge in [0.15, 0.2) is 16.3 Å². The number of furan rings is 1. The van der Waals surface area contributed by atoms with Gasteiger partial charge in [-0.3, -0.25) is 9.36 Å². The molecule has 4 aromatic rings. The van der Waals surface area contributed by atoms with E-state index in [9.17, 15) is 14.4 Å². The SMILES string of the molecule is CCOC(=O)C1=C(C)N=c2s/c(=C/c3ccc(-c4cc(Cl)ccc4C(=O)OC)o3)c(=O)n2[C@@H]1c1cc(OC)c(OC)c(OC)c1. The number of thiazole rings is 1. The number of ether oxygens (including phenoxy) is 5. The first-order valence-corrected chi connectivity index (χ1v) is 14.8. The van der Waals surface area contributed by atoms with E-state index in [1.165, 1.54) is 33.0 Å². The highest BCUT2D eigenvalue weighted by molar-refractivity contribution is 7.07. The molecular formula is C32H29ClN2O9S. The van der Waals surface area contributed by atoms with Crippen LogP contribution < -0.4 is 29.1 Å². The number of esters is 2. The van der Waals surface area contributed by atoms with Crippen molar-refractivity contribution < 1.29 is 37.7 Å². The lowest BCUT2D eigenvalue weighted by Gasteiger charge is -2.26. The number of halogens is 1. The van der Waals surface area contributed by atoms with Gasteiger partial charge in [-0.15, -0.1) is 0 Å². The van der Waals surface area contributed by atoms with Crippen LogP contribution in [0.3, 0.4) is 0 Å². The number of hydrogen-bond acceptors (Lipinski definition) is 11. The normalized spacial score (nSPS) is 14.5. The Morgan fingerprint density at radius 1 is 1.02 bits per heavy atom. The van der Waals surface area contributed by atoms with Crippen LogP contribution in [0.25, 0.3) is 17.4 Å². The number of aromatic nitrogens is 1. The van der Waals surface area contributed by atoms with Crippen molar-refractivity contribution in [3.63, 3.8) is 0 Å². The molecule has 0 unspecified atom stereocenters. The Morgan fingerprint density at radius 2 is 1.73 bits per heavy atom. The molecule has 5 rings (SSSR count). The largest absolute Gasteiger partial charge is 0.493 e. The van der Waals surface area contributed by atoms with Crippen molar-refractivity contribution in [1.29, 1.82) is 0 Å². The van der Waals surface area contributed by atoms with Gasteiger partial charge in [0.05, 0.1) is 62.5 Å². The van der Waals surface area contributed by atoms with Crippen LogP contribution in [0.15, 0.2) is 67.9 Å². The lowest BCUT2D eigenvalue weighted by Crippen LogP contribution is -2.40. The van der Waals surface area contributed by atoms with Crippen LogP contribution in [0, 0.1) is 0 Å². The van der Waals surface area contributed by atoms with Crippen LogP contribution in [-0.2, 0) is 14.3 Å². The van der Waals surface area contributed by atoms with E-state index < -0.39 is 23.5 Å². The number of benzene rings is 2. The molecule has 1 aliphatic heterocycles. The number of fused-ring (bicyclic) bond motifs is 1. The maximum absolute atomic E-state index is 14.1. The molecule has 11 nitrogen and oxygen atoms in total. The highest BCUT2D eigenvalue weighted by atomic mass is 35.5. The van der Waals surface area contributed by atoms with Gasteiger partial charge >= 0.3 is 11.9 Å². The molecular weight excluding hydrogens is 624 g/mol. The second-order valence-corrected chi connectivity index (χ2v) is 11.1. The lowest BCUT2D eigenvalue weighted by molar-refractivity contribution is -0.139. The first kappa shape index (κ1) is 31.6. The summed E-state index contributed by atoms with van der Waals surface area (Å²) in [6.07, 6.45) is 1.57. The van der Waals surface area contributed by atoms with Crippen molar-refractivity contribution in [2.24, 2.45) is 4.99 Å². The Hall–Kier alpha value is -4.81. The molecule has 0 spiro atoms. The molecule has 0 saturated heterocycles. The number of carbonyl (C=O) groups is 2. The zero-order valence-electron chi connectivity index (χ0n) is 25.3. The smallest absolute Gasteiger partial charge is 0.338 e. The van der Waals surface area contributed by atoms with E-state index in [1.807, 2.05) is 0 Å². The third-order valence-electron chi connectivity index (χ3n) is 7.07. The van der Waals surface area contributed by atoms with Crippen molar-refractivity contribution in [2.75, 3.05) is 35.0 Å². The maximum atomic E-state index is 14.1. The van der Waals surface area contributed by atoms with Crippen LogP contribution in [-0.4, -0.2) is 51.6 Å². The molecule has 0 bridgehead atoms. The van der Waals surface area contributed by atoms with Crippen molar-refractivity contribution in [3.8, 4) is 28.6 Å². The molecule has 0 saturated carbocycles. The zero-order chi connectivity index (χ0) is 32.4. The summed E-state index contributed by atoms with van der Waals surface area (Å²) in [5.74, 6) is 0.602. The summed E-state index contributed by atoms with van der Waals surface area (Å²) < 4.78 is 34.6. The molecule has 2 aromatic carbocycles. The van der Waals surface area contributed by atoms with E-state index in [-0.39, 0.29) is 17.7 Å². The van der Waals surface area contributed by atoms with Crippen LogP contribution >= 0.6 is 22.9 Å². The Balaban J connectivity index is 1.68. The summed E-state index contributed by atoms with van der Waals surface area (Å²) in [5, 5.41) is 0.406. The summed E-state index contributed by atoms with van der Waals surface area (Å²) >= 11 is 7.33. The van der Waals surface area contributed by atoms with Gasteiger partial charge in [-0.25, -0.2) is 14.6 Å². The van der Waals surface area contributed by atoms with E-state index in [0.717, 1.165) is 11.3 Å². The van der Waals surface area contributed by atoms with Gasteiger partial charge in [-0.1, -0.05) is 22.9 Å². The molecule has 13 heteroatoms. The number of rotatable bonds is 9. The Kier molecular flexibility index (Phi) is 9.16. The van der Waals surface area contributed by atoms with E-state index in [0.29, 0.717) is 59.9 Å². The molecule has 0 N–H and O–H groups in total. The first-order valence-electron chi connectivity index (χ1n) is 13.6. The van der Waals surface area contributed by atoms with Gasteiger partial charge < -0.3 is 28.1 Å². The minimum Gasteiger partial charge on any atom is -0.493 e. The summed E-state index contributed by atoms with van der Waals surface area (Å²) in [4.78, 5) is 44.7. The molecule has 0 radical (unpaired) electrons. The minimum atomic E-state index is -0.919. The monoisotopic (exact) mass is 652 g/mol.